The molecule has 9 rings (SSSR count). The molecule has 4 fully saturated rings. The lowest BCUT2D eigenvalue weighted by molar-refractivity contribution is -0.122. The lowest BCUT2D eigenvalue weighted by Gasteiger charge is -2.42. The molecule has 3 N–H and O–H groups in total. The van der Waals surface area contributed by atoms with Gasteiger partial charge in [0.2, 0.25) is 5.91 Å². The highest BCUT2D eigenvalue weighted by Gasteiger charge is 2.50. The zero-order valence-corrected chi connectivity index (χ0v) is 26.5. The van der Waals surface area contributed by atoms with E-state index in [0.29, 0.717) is 55.9 Å². The number of ether oxygens (including phenoxy) is 2. The Labute approximate surface area is 275 Å². The van der Waals surface area contributed by atoms with Crippen LogP contribution in [0.4, 0.5) is 14.6 Å². The molecule has 7 heterocycles. The molecule has 4 saturated heterocycles. The number of nitrogens with one attached hydrogen (secondary N) is 2. The summed E-state index contributed by atoms with van der Waals surface area (Å²) in [5.74, 6) is -0.974. The van der Waals surface area contributed by atoms with Crippen LogP contribution in [0.2, 0.25) is 0 Å². The SMILES string of the molecule is O=C1CCO[C@H]2CN3CCC[C@]3(COc3nc(c4cnc(-c5cc(O)cc6cccc(F)c56)c(F)c4n3)N3C[C@@H]4CC[C@](CN1)(C3)N4)C2. The van der Waals surface area contributed by atoms with Gasteiger partial charge in [-0.25, -0.2) is 8.78 Å². The highest BCUT2D eigenvalue weighted by molar-refractivity contribution is 6.00. The highest BCUT2D eigenvalue weighted by atomic mass is 19.1. The molecule has 13 heteroatoms. The Hall–Kier alpha value is -4.20. The number of nitrogens with zero attached hydrogens (tertiary/aromatic N) is 5. The van der Waals surface area contributed by atoms with Crippen LogP contribution in [-0.2, 0) is 9.53 Å². The standard InChI is InChI=1S/C35H37F2N7O4/c36-26-4-1-3-20-11-22(45)12-24(28(20)26)30-29(37)31-25(14-38-30)32-41-33(40-31)48-19-35-7-2-9-44(35)16-23(13-35)47-10-6-27(46)39-17-34-8-5-21(42-34)15-43(32)18-34/h1,3-4,11-12,14,21,23,42,45H,2,5-10,13,15-19H2,(H,39,46)/t21-,23+,34-,35+/m0/s1. The summed E-state index contributed by atoms with van der Waals surface area (Å²) in [4.78, 5) is 31.5. The smallest absolute Gasteiger partial charge is 0.319 e. The number of hydrogen-bond acceptors (Lipinski definition) is 10. The minimum Gasteiger partial charge on any atom is -0.508 e. The van der Waals surface area contributed by atoms with E-state index in [0.717, 1.165) is 45.2 Å². The largest absolute Gasteiger partial charge is 0.508 e. The Morgan fingerprint density at radius 1 is 1.12 bits per heavy atom. The van der Waals surface area contributed by atoms with Crippen LogP contribution in [-0.4, -0.2) is 100 Å². The molecule has 7 bridgehead atoms. The van der Waals surface area contributed by atoms with Crippen molar-refractivity contribution in [3.8, 4) is 23.0 Å². The average molecular weight is 658 g/mol. The highest BCUT2D eigenvalue weighted by Crippen LogP contribution is 2.42. The number of benzene rings is 2. The third-order valence-electron chi connectivity index (χ3n) is 11.1. The van der Waals surface area contributed by atoms with E-state index in [9.17, 15) is 9.90 Å². The predicted molar refractivity (Wildman–Crippen MR) is 174 cm³/mol. The first-order valence-corrected chi connectivity index (χ1v) is 16.8. The molecule has 5 aliphatic heterocycles. The van der Waals surface area contributed by atoms with Crippen molar-refractivity contribution in [2.75, 3.05) is 50.8 Å². The summed E-state index contributed by atoms with van der Waals surface area (Å²) in [5, 5.41) is 18.3. The monoisotopic (exact) mass is 657 g/mol. The number of amides is 1. The summed E-state index contributed by atoms with van der Waals surface area (Å²) >= 11 is 0. The summed E-state index contributed by atoms with van der Waals surface area (Å²) in [6.45, 7) is 3.95. The second-order valence-electron chi connectivity index (χ2n) is 14.2. The van der Waals surface area contributed by atoms with Gasteiger partial charge in [-0.3, -0.25) is 14.7 Å². The van der Waals surface area contributed by atoms with Crippen molar-refractivity contribution in [3.05, 3.63) is 48.2 Å². The second kappa shape index (κ2) is 11.2. The first kappa shape index (κ1) is 29.9. The molecule has 0 aliphatic carbocycles. The molecule has 4 aromatic rings. The molecule has 5 aliphatic rings. The van der Waals surface area contributed by atoms with Gasteiger partial charge >= 0.3 is 6.01 Å². The molecule has 4 atom stereocenters. The van der Waals surface area contributed by atoms with Crippen molar-refractivity contribution in [2.24, 2.45) is 0 Å². The van der Waals surface area contributed by atoms with Gasteiger partial charge in [0, 0.05) is 55.8 Å². The molecule has 48 heavy (non-hydrogen) atoms. The summed E-state index contributed by atoms with van der Waals surface area (Å²) in [6, 6.07) is 7.48. The fourth-order valence-corrected chi connectivity index (χ4v) is 8.86. The number of halogens is 2. The molecule has 0 radical (unpaired) electrons. The number of phenolic OH excluding ortho intramolecular Hbond substituents is 1. The van der Waals surface area contributed by atoms with Crippen LogP contribution < -0.4 is 20.3 Å². The van der Waals surface area contributed by atoms with E-state index in [4.69, 9.17) is 14.5 Å². The number of carbonyl (C=O) groups excluding carboxylic acids is 1. The lowest BCUT2D eigenvalue weighted by Crippen LogP contribution is -2.64. The second-order valence-corrected chi connectivity index (χ2v) is 14.2. The van der Waals surface area contributed by atoms with Gasteiger partial charge in [-0.15, -0.1) is 0 Å². The fraction of sp³-hybridized carbons (Fsp3) is 0.486. The van der Waals surface area contributed by atoms with Crippen LogP contribution in [0.1, 0.15) is 38.5 Å². The molecule has 1 amide bonds. The number of aromatic nitrogens is 3. The van der Waals surface area contributed by atoms with Crippen molar-refractivity contribution in [2.45, 2.75) is 61.7 Å². The summed E-state index contributed by atoms with van der Waals surface area (Å²) in [6.07, 6.45) is 6.31. The maximum atomic E-state index is 16.9. The van der Waals surface area contributed by atoms with Crippen LogP contribution >= 0.6 is 0 Å². The predicted octanol–water partition coefficient (Wildman–Crippen LogP) is 3.66. The molecule has 0 saturated carbocycles. The number of carbonyl (C=O) groups is 1. The van der Waals surface area contributed by atoms with Gasteiger partial charge in [-0.2, -0.15) is 9.97 Å². The number of anilines is 1. The number of hydrogen-bond donors (Lipinski definition) is 3. The molecule has 250 valence electrons. The van der Waals surface area contributed by atoms with Gasteiger partial charge in [0.1, 0.15) is 35.2 Å². The fourth-order valence-electron chi connectivity index (χ4n) is 8.86. The average Bonchev–Trinajstić information content (AvgIpc) is 3.71. The quantitative estimate of drug-likeness (QED) is 0.280. The lowest BCUT2D eigenvalue weighted by atomic mass is 9.94. The molecule has 0 unspecified atom stereocenters. The van der Waals surface area contributed by atoms with Gasteiger partial charge in [-0.05, 0) is 62.2 Å². The van der Waals surface area contributed by atoms with E-state index in [1.54, 1.807) is 12.1 Å². The van der Waals surface area contributed by atoms with Gasteiger partial charge in [0.05, 0.1) is 29.2 Å². The number of pyridine rings is 1. The topological polar surface area (TPSA) is 125 Å². The van der Waals surface area contributed by atoms with Crippen molar-refractivity contribution in [1.82, 2.24) is 30.5 Å². The van der Waals surface area contributed by atoms with Crippen molar-refractivity contribution in [1.29, 1.82) is 0 Å². The number of phenols is 1. The maximum Gasteiger partial charge on any atom is 0.319 e. The van der Waals surface area contributed by atoms with Gasteiger partial charge < -0.3 is 30.1 Å². The minimum atomic E-state index is -0.753. The molecule has 2 aromatic heterocycles. The van der Waals surface area contributed by atoms with Gasteiger partial charge in [0.25, 0.3) is 0 Å². The van der Waals surface area contributed by atoms with Crippen LogP contribution in [0.3, 0.4) is 0 Å². The van der Waals surface area contributed by atoms with E-state index < -0.39 is 17.2 Å². The molecular formula is C35H37F2N7O4. The Kier molecular flexibility index (Phi) is 6.96. The Balaban J connectivity index is 1.19. The van der Waals surface area contributed by atoms with Crippen LogP contribution in [0, 0.1) is 11.6 Å². The molecule has 11 nitrogen and oxygen atoms in total. The van der Waals surface area contributed by atoms with Crippen molar-refractivity contribution in [3.63, 3.8) is 0 Å². The number of aromatic hydroxyl groups is 1. The van der Waals surface area contributed by atoms with E-state index >= 15 is 8.78 Å². The molecular weight excluding hydrogens is 620 g/mol. The molecule has 2 aromatic carbocycles. The van der Waals surface area contributed by atoms with E-state index in [1.165, 1.54) is 24.4 Å². The van der Waals surface area contributed by atoms with Crippen molar-refractivity contribution >= 4 is 33.4 Å². The first-order chi connectivity index (χ1) is 23.3. The van der Waals surface area contributed by atoms with Crippen LogP contribution in [0.15, 0.2) is 36.5 Å². The summed E-state index contributed by atoms with van der Waals surface area (Å²) < 4.78 is 44.7. The van der Waals surface area contributed by atoms with E-state index in [2.05, 4.69) is 30.4 Å². The van der Waals surface area contributed by atoms with Gasteiger partial charge in [-0.1, -0.05) is 12.1 Å². The van der Waals surface area contributed by atoms with Crippen LogP contribution in [0.5, 0.6) is 11.8 Å². The van der Waals surface area contributed by atoms with Gasteiger partial charge in [0.15, 0.2) is 5.82 Å². The maximum absolute atomic E-state index is 16.9. The zero-order valence-electron chi connectivity index (χ0n) is 26.5. The minimum absolute atomic E-state index is 0.00684. The third-order valence-corrected chi connectivity index (χ3v) is 11.1. The van der Waals surface area contributed by atoms with E-state index in [1.807, 2.05) is 0 Å². The number of rotatable bonds is 1. The van der Waals surface area contributed by atoms with E-state index in [-0.39, 0.29) is 57.5 Å². The van der Waals surface area contributed by atoms with Crippen LogP contribution in [0.25, 0.3) is 32.9 Å². The first-order valence-electron chi connectivity index (χ1n) is 16.8. The zero-order chi connectivity index (χ0) is 32.6. The normalized spacial score (nSPS) is 29.1. The van der Waals surface area contributed by atoms with Crippen molar-refractivity contribution < 1.29 is 28.2 Å². The Bertz CT molecular complexity index is 1960. The summed E-state index contributed by atoms with van der Waals surface area (Å²) in [7, 11) is 0. The Morgan fingerprint density at radius 2 is 2.04 bits per heavy atom. The molecule has 2 spiro atoms. The Morgan fingerprint density at radius 3 is 2.96 bits per heavy atom. The summed E-state index contributed by atoms with van der Waals surface area (Å²) in [5.41, 5.74) is -0.649. The number of fused-ring (bicyclic) bond motifs is 9. The third kappa shape index (κ3) is 4.93. The number of piperazine rings is 1.